The van der Waals surface area contributed by atoms with Gasteiger partial charge in [-0.1, -0.05) is 6.07 Å². The van der Waals surface area contributed by atoms with Crippen molar-refractivity contribution in [2.24, 2.45) is 5.10 Å². The van der Waals surface area contributed by atoms with Gasteiger partial charge in [-0.25, -0.2) is 5.43 Å². The van der Waals surface area contributed by atoms with E-state index in [0.29, 0.717) is 5.56 Å². The average Bonchev–Trinajstić information content (AvgIpc) is 2.91. The molecule has 1 aromatic carbocycles. The van der Waals surface area contributed by atoms with E-state index in [9.17, 15) is 14.9 Å². The third-order valence-electron chi connectivity index (χ3n) is 2.92. The average molecular weight is 287 g/mol. The molecule has 1 heterocycles. The van der Waals surface area contributed by atoms with Gasteiger partial charge in [0.15, 0.2) is 5.76 Å². The molecule has 2 aromatic rings. The van der Waals surface area contributed by atoms with Crippen molar-refractivity contribution >= 4 is 18.0 Å². The van der Waals surface area contributed by atoms with Crippen molar-refractivity contribution in [3.8, 4) is 0 Å². The van der Waals surface area contributed by atoms with E-state index in [-0.39, 0.29) is 17.6 Å². The molecule has 2 rings (SSSR count). The maximum atomic E-state index is 11.8. The highest BCUT2D eigenvalue weighted by Crippen LogP contribution is 2.13. The molecule has 0 aliphatic carbocycles. The standard InChI is InChI=1S/C14H13N3O4/c1-9-3-4-11(7-10(9)2)14(18)16-15-8-12-5-6-13(21-12)17(19)20/h3-8H,1-2H3,(H,16,18)/b15-8-. The third-order valence-corrected chi connectivity index (χ3v) is 2.92. The quantitative estimate of drug-likeness (QED) is 0.530. The van der Waals surface area contributed by atoms with Crippen molar-refractivity contribution < 1.29 is 14.1 Å². The number of carbonyl (C=O) groups excluding carboxylic acids is 1. The number of nitrogens with zero attached hydrogens (tertiary/aromatic N) is 2. The van der Waals surface area contributed by atoms with E-state index >= 15 is 0 Å². The minimum Gasteiger partial charge on any atom is -0.400 e. The molecule has 0 bridgehead atoms. The number of aryl methyl sites for hydroxylation is 2. The Morgan fingerprint density at radius 1 is 1.29 bits per heavy atom. The third kappa shape index (κ3) is 3.53. The SMILES string of the molecule is Cc1ccc(C(=O)N/N=C\c2ccc([N+](=O)[O-])o2)cc1C. The zero-order valence-electron chi connectivity index (χ0n) is 11.5. The Bertz CT molecular complexity index is 719. The van der Waals surface area contributed by atoms with Crippen LogP contribution in [0.3, 0.4) is 0 Å². The van der Waals surface area contributed by atoms with E-state index in [1.165, 1.54) is 18.3 Å². The smallest absolute Gasteiger partial charge is 0.400 e. The lowest BCUT2D eigenvalue weighted by molar-refractivity contribution is -0.402. The summed E-state index contributed by atoms with van der Waals surface area (Å²) < 4.78 is 4.87. The lowest BCUT2D eigenvalue weighted by Crippen LogP contribution is -2.17. The Balaban J connectivity index is 2.01. The Kier molecular flexibility index (Phi) is 4.13. The molecule has 0 fully saturated rings. The van der Waals surface area contributed by atoms with E-state index in [1.54, 1.807) is 12.1 Å². The molecule has 0 radical (unpaired) electrons. The van der Waals surface area contributed by atoms with Crippen molar-refractivity contribution in [1.82, 2.24) is 5.43 Å². The van der Waals surface area contributed by atoms with Gasteiger partial charge in [-0.2, -0.15) is 5.10 Å². The number of benzene rings is 1. The van der Waals surface area contributed by atoms with Crippen molar-refractivity contribution in [2.45, 2.75) is 13.8 Å². The van der Waals surface area contributed by atoms with Gasteiger partial charge in [0.2, 0.25) is 0 Å². The van der Waals surface area contributed by atoms with Crippen LogP contribution >= 0.6 is 0 Å². The number of hydrogen-bond acceptors (Lipinski definition) is 5. The molecule has 7 heteroatoms. The van der Waals surface area contributed by atoms with E-state index < -0.39 is 4.92 Å². The fraction of sp³-hybridized carbons (Fsp3) is 0.143. The molecule has 1 N–H and O–H groups in total. The summed E-state index contributed by atoms with van der Waals surface area (Å²) in [5.41, 5.74) is 4.92. The van der Waals surface area contributed by atoms with Crippen LogP contribution in [0.25, 0.3) is 0 Å². The number of furan rings is 1. The van der Waals surface area contributed by atoms with Crippen LogP contribution in [-0.2, 0) is 0 Å². The Hall–Kier alpha value is -2.96. The first-order chi connectivity index (χ1) is 9.97. The zero-order valence-corrected chi connectivity index (χ0v) is 11.5. The van der Waals surface area contributed by atoms with Crippen LogP contribution in [0.5, 0.6) is 0 Å². The molecule has 1 aromatic heterocycles. The van der Waals surface area contributed by atoms with Crippen LogP contribution in [0, 0.1) is 24.0 Å². The van der Waals surface area contributed by atoms with E-state index in [0.717, 1.165) is 11.1 Å². The minimum atomic E-state index is -0.648. The lowest BCUT2D eigenvalue weighted by atomic mass is 10.1. The Morgan fingerprint density at radius 3 is 2.67 bits per heavy atom. The van der Waals surface area contributed by atoms with Crippen molar-refractivity contribution in [3.05, 3.63) is 62.9 Å². The summed E-state index contributed by atoms with van der Waals surface area (Å²) in [7, 11) is 0. The van der Waals surface area contributed by atoms with Gasteiger partial charge < -0.3 is 4.42 Å². The van der Waals surface area contributed by atoms with Gasteiger partial charge >= 0.3 is 5.88 Å². The molecule has 1 amide bonds. The van der Waals surface area contributed by atoms with Crippen LogP contribution in [0.4, 0.5) is 5.88 Å². The second-order valence-corrected chi connectivity index (χ2v) is 4.43. The van der Waals surface area contributed by atoms with Crippen molar-refractivity contribution in [3.63, 3.8) is 0 Å². The summed E-state index contributed by atoms with van der Waals surface area (Å²) in [5, 5.41) is 14.1. The number of amides is 1. The molecule has 0 aliphatic rings. The second-order valence-electron chi connectivity index (χ2n) is 4.43. The summed E-state index contributed by atoms with van der Waals surface area (Å²) in [6.07, 6.45) is 1.20. The first kappa shape index (κ1) is 14.4. The first-order valence-corrected chi connectivity index (χ1v) is 6.12. The minimum absolute atomic E-state index is 0.182. The summed E-state index contributed by atoms with van der Waals surface area (Å²) in [6.45, 7) is 3.87. The molecule has 108 valence electrons. The topological polar surface area (TPSA) is 97.7 Å². The Morgan fingerprint density at radius 2 is 2.05 bits per heavy atom. The number of rotatable bonds is 4. The number of carbonyl (C=O) groups is 1. The summed E-state index contributed by atoms with van der Waals surface area (Å²) >= 11 is 0. The van der Waals surface area contributed by atoms with Crippen LogP contribution in [0.1, 0.15) is 27.2 Å². The molecule has 21 heavy (non-hydrogen) atoms. The van der Waals surface area contributed by atoms with E-state index in [2.05, 4.69) is 10.5 Å². The van der Waals surface area contributed by atoms with Crippen molar-refractivity contribution in [1.29, 1.82) is 0 Å². The molecular weight excluding hydrogens is 274 g/mol. The first-order valence-electron chi connectivity index (χ1n) is 6.12. The number of nitro groups is 1. The van der Waals surface area contributed by atoms with Gasteiger partial charge in [-0.05, 0) is 43.2 Å². The van der Waals surface area contributed by atoms with Crippen LogP contribution < -0.4 is 5.43 Å². The van der Waals surface area contributed by atoms with Gasteiger partial charge in [-0.15, -0.1) is 0 Å². The van der Waals surface area contributed by atoms with Gasteiger partial charge in [-0.3, -0.25) is 14.9 Å². The fourth-order valence-electron chi connectivity index (χ4n) is 1.61. The molecule has 0 unspecified atom stereocenters. The fourth-order valence-corrected chi connectivity index (χ4v) is 1.61. The predicted octanol–water partition coefficient (Wildman–Crippen LogP) is 2.57. The predicted molar refractivity (Wildman–Crippen MR) is 76.3 cm³/mol. The highest BCUT2D eigenvalue weighted by Gasteiger charge is 2.10. The van der Waals surface area contributed by atoms with Gasteiger partial charge in [0.1, 0.15) is 4.92 Å². The molecule has 0 spiro atoms. The molecule has 0 saturated heterocycles. The molecule has 0 aliphatic heterocycles. The van der Waals surface area contributed by atoms with E-state index in [1.807, 2.05) is 19.9 Å². The maximum absolute atomic E-state index is 11.8. The maximum Gasteiger partial charge on any atom is 0.433 e. The summed E-state index contributed by atoms with van der Waals surface area (Å²) in [4.78, 5) is 21.6. The highest BCUT2D eigenvalue weighted by atomic mass is 16.6. The molecule has 0 atom stereocenters. The summed E-state index contributed by atoms with van der Waals surface area (Å²) in [5.74, 6) is -0.561. The number of hydrazone groups is 1. The Labute approximate surface area is 120 Å². The van der Waals surface area contributed by atoms with Gasteiger partial charge in [0.05, 0.1) is 12.3 Å². The lowest BCUT2D eigenvalue weighted by Gasteiger charge is -2.03. The van der Waals surface area contributed by atoms with Gasteiger partial charge in [0, 0.05) is 5.56 Å². The molecule has 0 saturated carbocycles. The monoisotopic (exact) mass is 287 g/mol. The van der Waals surface area contributed by atoms with Crippen LogP contribution in [-0.4, -0.2) is 17.0 Å². The largest absolute Gasteiger partial charge is 0.433 e. The highest BCUT2D eigenvalue weighted by molar-refractivity contribution is 5.95. The number of hydrogen-bond donors (Lipinski definition) is 1. The molecular formula is C14H13N3O4. The van der Waals surface area contributed by atoms with Crippen LogP contribution in [0.2, 0.25) is 0 Å². The van der Waals surface area contributed by atoms with E-state index in [4.69, 9.17) is 4.42 Å². The molecule has 7 nitrogen and oxygen atoms in total. The van der Waals surface area contributed by atoms with Gasteiger partial charge in [0.25, 0.3) is 5.91 Å². The van der Waals surface area contributed by atoms with Crippen LogP contribution in [0.15, 0.2) is 39.9 Å². The second kappa shape index (κ2) is 6.00. The number of nitrogens with one attached hydrogen (secondary N) is 1. The zero-order chi connectivity index (χ0) is 15.4. The summed E-state index contributed by atoms with van der Waals surface area (Å²) in [6, 6.07) is 7.92. The van der Waals surface area contributed by atoms with Crippen molar-refractivity contribution in [2.75, 3.05) is 0 Å². The normalized spacial score (nSPS) is 10.8.